The van der Waals surface area contributed by atoms with E-state index in [9.17, 15) is 9.18 Å². The highest BCUT2D eigenvalue weighted by atomic mass is 19.1. The van der Waals surface area contributed by atoms with Gasteiger partial charge in [-0.3, -0.25) is 4.79 Å². The topological polar surface area (TPSA) is 46.9 Å². The van der Waals surface area contributed by atoms with Gasteiger partial charge in [-0.1, -0.05) is 37.6 Å². The zero-order valence-electron chi connectivity index (χ0n) is 13.6. The molecule has 0 bridgehead atoms. The molecule has 1 aromatic heterocycles. The molecule has 0 aliphatic rings. The molecule has 0 radical (unpaired) electrons. The van der Waals surface area contributed by atoms with E-state index in [4.69, 9.17) is 0 Å². The summed E-state index contributed by atoms with van der Waals surface area (Å²) in [5, 5.41) is 3.84. The van der Waals surface area contributed by atoms with Crippen LogP contribution >= 0.6 is 0 Å². The second-order valence-electron chi connectivity index (χ2n) is 5.75. The van der Waals surface area contributed by atoms with Crippen molar-refractivity contribution >= 4 is 16.9 Å². The fourth-order valence-corrected chi connectivity index (χ4v) is 2.67. The number of rotatable bonds is 6. The van der Waals surface area contributed by atoms with Gasteiger partial charge in [0.1, 0.15) is 5.82 Å². The molecule has 0 fully saturated rings. The lowest BCUT2D eigenvalue weighted by Crippen LogP contribution is -2.20. The highest BCUT2D eigenvalue weighted by molar-refractivity contribution is 5.79. The number of hydrogen-bond donors (Lipinski definition) is 1. The molecule has 0 spiro atoms. The molecule has 0 saturated heterocycles. The molecule has 24 heavy (non-hydrogen) atoms. The van der Waals surface area contributed by atoms with E-state index in [-0.39, 0.29) is 11.4 Å². The second kappa shape index (κ2) is 7.25. The minimum Gasteiger partial charge on any atom is -0.356 e. The van der Waals surface area contributed by atoms with Crippen LogP contribution in [0, 0.1) is 5.82 Å². The summed E-state index contributed by atoms with van der Waals surface area (Å²) in [6.45, 7) is 3.38. The van der Waals surface area contributed by atoms with Crippen LogP contribution in [0.25, 0.3) is 10.9 Å². The van der Waals surface area contributed by atoms with Crippen molar-refractivity contribution in [2.75, 3.05) is 11.9 Å². The molecule has 0 atom stereocenters. The van der Waals surface area contributed by atoms with E-state index in [1.807, 2.05) is 22.8 Å². The molecule has 1 heterocycles. The number of hydrogen-bond acceptors (Lipinski definition) is 3. The van der Waals surface area contributed by atoms with Crippen LogP contribution in [0.3, 0.4) is 0 Å². The molecule has 1 N–H and O–H groups in total. The number of aromatic nitrogens is 2. The summed E-state index contributed by atoms with van der Waals surface area (Å²) in [5.74, 6) is 0.291. The number of para-hydroxylation sites is 1. The van der Waals surface area contributed by atoms with Crippen LogP contribution in [-0.2, 0) is 6.54 Å². The maximum atomic E-state index is 13.1. The molecule has 0 unspecified atom stereocenters. The average Bonchev–Trinajstić information content (AvgIpc) is 2.60. The van der Waals surface area contributed by atoms with Crippen LogP contribution < -0.4 is 10.9 Å². The Kier molecular flexibility index (Phi) is 4.89. The molecular weight excluding hydrogens is 305 g/mol. The second-order valence-corrected chi connectivity index (χ2v) is 5.75. The fraction of sp³-hybridized carbons (Fsp3) is 0.263. The first-order chi connectivity index (χ1) is 11.7. The predicted molar refractivity (Wildman–Crippen MR) is 94.9 cm³/mol. The summed E-state index contributed by atoms with van der Waals surface area (Å²) in [4.78, 5) is 16.5. The van der Waals surface area contributed by atoms with Crippen molar-refractivity contribution in [3.63, 3.8) is 0 Å². The van der Waals surface area contributed by atoms with Crippen molar-refractivity contribution in [1.82, 2.24) is 9.55 Å². The third kappa shape index (κ3) is 3.45. The lowest BCUT2D eigenvalue weighted by Gasteiger charge is -2.17. The monoisotopic (exact) mass is 325 g/mol. The minimum absolute atomic E-state index is 0.236. The molecule has 0 aliphatic heterocycles. The van der Waals surface area contributed by atoms with Crippen LogP contribution in [0.15, 0.2) is 53.3 Å². The first kappa shape index (κ1) is 16.2. The van der Waals surface area contributed by atoms with Crippen LogP contribution in [0.5, 0.6) is 0 Å². The quantitative estimate of drug-likeness (QED) is 0.701. The van der Waals surface area contributed by atoms with Crippen molar-refractivity contribution in [3.05, 3.63) is 70.3 Å². The van der Waals surface area contributed by atoms with Gasteiger partial charge in [0, 0.05) is 6.54 Å². The highest BCUT2D eigenvalue weighted by Gasteiger charge is 2.10. The van der Waals surface area contributed by atoms with E-state index in [1.165, 1.54) is 12.1 Å². The first-order valence-electron chi connectivity index (χ1n) is 8.17. The Balaban J connectivity index is 2.07. The summed E-state index contributed by atoms with van der Waals surface area (Å²) < 4.78 is 15.1. The van der Waals surface area contributed by atoms with Gasteiger partial charge < -0.3 is 9.88 Å². The Labute approximate surface area is 140 Å². The Hall–Kier alpha value is -2.69. The Morgan fingerprint density at radius 3 is 2.62 bits per heavy atom. The highest BCUT2D eigenvalue weighted by Crippen LogP contribution is 2.17. The Morgan fingerprint density at radius 2 is 1.88 bits per heavy atom. The number of fused-ring (bicyclic) bond motifs is 1. The fourth-order valence-electron chi connectivity index (χ4n) is 2.67. The number of halogens is 1. The zero-order valence-corrected chi connectivity index (χ0v) is 13.6. The van der Waals surface area contributed by atoms with Crippen LogP contribution in [0.2, 0.25) is 0 Å². The zero-order chi connectivity index (χ0) is 16.9. The van der Waals surface area contributed by atoms with Gasteiger partial charge in [-0.15, -0.1) is 0 Å². The van der Waals surface area contributed by atoms with Gasteiger partial charge in [-0.25, -0.2) is 4.39 Å². The lowest BCUT2D eigenvalue weighted by molar-refractivity contribution is 0.626. The van der Waals surface area contributed by atoms with Crippen molar-refractivity contribution in [3.8, 4) is 0 Å². The molecular formula is C19H20FN3O. The predicted octanol–water partition coefficient (Wildman–Crippen LogP) is 3.80. The molecule has 5 heteroatoms. The van der Waals surface area contributed by atoms with E-state index in [0.717, 1.165) is 30.5 Å². The van der Waals surface area contributed by atoms with E-state index in [1.54, 1.807) is 18.2 Å². The summed E-state index contributed by atoms with van der Waals surface area (Å²) in [5.41, 5.74) is 1.53. The van der Waals surface area contributed by atoms with Gasteiger partial charge in [0.2, 0.25) is 5.95 Å². The third-order valence-electron chi connectivity index (χ3n) is 3.96. The van der Waals surface area contributed by atoms with Crippen molar-refractivity contribution in [1.29, 1.82) is 0 Å². The van der Waals surface area contributed by atoms with E-state index in [2.05, 4.69) is 17.2 Å². The van der Waals surface area contributed by atoms with Crippen LogP contribution in [0.1, 0.15) is 25.3 Å². The summed E-state index contributed by atoms with van der Waals surface area (Å²) in [6, 6.07) is 13.8. The molecule has 4 nitrogen and oxygen atoms in total. The van der Waals surface area contributed by atoms with Crippen LogP contribution in [0.4, 0.5) is 10.3 Å². The Morgan fingerprint density at radius 1 is 1.12 bits per heavy atom. The number of anilines is 1. The van der Waals surface area contributed by atoms with Crippen molar-refractivity contribution in [2.45, 2.75) is 26.3 Å². The average molecular weight is 325 g/mol. The third-order valence-corrected chi connectivity index (χ3v) is 3.96. The standard InChI is InChI=1S/C19H20FN3O/c1-2-3-12-21-19-22-18(24)16-6-4-5-7-17(16)23(19)13-14-8-10-15(20)11-9-14/h4-11H,2-3,12-13H2,1H3,(H,21,22,24). The van der Waals surface area contributed by atoms with E-state index in [0.29, 0.717) is 17.9 Å². The maximum absolute atomic E-state index is 13.1. The van der Waals surface area contributed by atoms with Gasteiger partial charge in [-0.2, -0.15) is 4.98 Å². The normalized spacial score (nSPS) is 10.9. The van der Waals surface area contributed by atoms with E-state index < -0.39 is 0 Å². The van der Waals surface area contributed by atoms with Crippen molar-refractivity contribution < 1.29 is 4.39 Å². The van der Waals surface area contributed by atoms with Gasteiger partial charge >= 0.3 is 0 Å². The van der Waals surface area contributed by atoms with E-state index >= 15 is 0 Å². The largest absolute Gasteiger partial charge is 0.356 e. The smallest absolute Gasteiger partial charge is 0.282 e. The molecule has 3 aromatic rings. The molecule has 0 amide bonds. The van der Waals surface area contributed by atoms with Gasteiger partial charge in [0.15, 0.2) is 0 Å². The number of unbranched alkanes of at least 4 members (excludes halogenated alkanes) is 1. The summed E-state index contributed by atoms with van der Waals surface area (Å²) in [7, 11) is 0. The Bertz CT molecular complexity index is 887. The first-order valence-corrected chi connectivity index (χ1v) is 8.17. The maximum Gasteiger partial charge on any atom is 0.282 e. The van der Waals surface area contributed by atoms with Gasteiger partial charge in [0.25, 0.3) is 5.56 Å². The molecule has 0 saturated carbocycles. The number of benzene rings is 2. The van der Waals surface area contributed by atoms with Crippen LogP contribution in [-0.4, -0.2) is 16.1 Å². The minimum atomic E-state index is -0.261. The molecule has 2 aromatic carbocycles. The molecule has 0 aliphatic carbocycles. The molecule has 3 rings (SSSR count). The molecule has 124 valence electrons. The SMILES string of the molecule is CCCCNc1nc(=O)c2ccccc2n1Cc1ccc(F)cc1. The summed E-state index contributed by atoms with van der Waals surface area (Å²) >= 11 is 0. The number of nitrogens with zero attached hydrogens (tertiary/aromatic N) is 2. The van der Waals surface area contributed by atoms with Gasteiger partial charge in [-0.05, 0) is 36.2 Å². The number of nitrogens with one attached hydrogen (secondary N) is 1. The van der Waals surface area contributed by atoms with Gasteiger partial charge in [0.05, 0.1) is 17.4 Å². The lowest BCUT2D eigenvalue weighted by atomic mass is 10.2. The van der Waals surface area contributed by atoms with Crippen molar-refractivity contribution in [2.24, 2.45) is 0 Å². The summed E-state index contributed by atoms with van der Waals surface area (Å²) in [6.07, 6.45) is 2.06.